The highest BCUT2D eigenvalue weighted by molar-refractivity contribution is 6.05. The van der Waals surface area contributed by atoms with Gasteiger partial charge in [0.05, 0.1) is 11.8 Å². The standard InChI is InChI=1S/C25H33N3O4/c1-4-21(23(30)26-5-2)28(16-18-11-7-6-10-17(18)3)22(29)14-15-27-24(31)19-12-8-9-13-20(19)25(27)32/h6-11,19-21H,4-5,12-16H2,1-3H3,(H,26,30)/t19-,20+,21-/m1/s1. The number of hydrogen-bond donors (Lipinski definition) is 1. The van der Waals surface area contributed by atoms with E-state index in [2.05, 4.69) is 5.32 Å². The van der Waals surface area contributed by atoms with Gasteiger partial charge in [-0.3, -0.25) is 24.1 Å². The lowest BCUT2D eigenvalue weighted by Gasteiger charge is -2.31. The number of fused-ring (bicyclic) bond motifs is 1. The van der Waals surface area contributed by atoms with Gasteiger partial charge in [-0.25, -0.2) is 0 Å². The summed E-state index contributed by atoms with van der Waals surface area (Å²) < 4.78 is 0. The number of rotatable bonds is 9. The number of likely N-dealkylation sites (N-methyl/N-ethyl adjacent to an activating group) is 1. The summed E-state index contributed by atoms with van der Waals surface area (Å²) in [5, 5.41) is 2.82. The minimum absolute atomic E-state index is 0.00609. The van der Waals surface area contributed by atoms with Gasteiger partial charge in [-0.05, 0) is 44.2 Å². The van der Waals surface area contributed by atoms with E-state index in [1.165, 1.54) is 4.90 Å². The molecule has 1 saturated heterocycles. The molecule has 0 saturated carbocycles. The quantitative estimate of drug-likeness (QED) is 0.473. The molecule has 1 aliphatic heterocycles. The van der Waals surface area contributed by atoms with Gasteiger partial charge in [0, 0.05) is 26.1 Å². The van der Waals surface area contributed by atoms with Crippen molar-refractivity contribution < 1.29 is 19.2 Å². The van der Waals surface area contributed by atoms with E-state index >= 15 is 0 Å². The molecule has 7 heteroatoms. The number of benzene rings is 1. The van der Waals surface area contributed by atoms with Crippen molar-refractivity contribution >= 4 is 23.6 Å². The van der Waals surface area contributed by atoms with Crippen molar-refractivity contribution in [1.29, 1.82) is 0 Å². The molecule has 1 aromatic rings. The Kier molecular flexibility index (Phi) is 7.83. The molecule has 3 rings (SSSR count). The minimum Gasteiger partial charge on any atom is -0.355 e. The number of likely N-dealkylation sites (tertiary alicyclic amines) is 1. The second-order valence-corrected chi connectivity index (χ2v) is 8.50. The number of imide groups is 1. The molecule has 32 heavy (non-hydrogen) atoms. The Morgan fingerprint density at radius 3 is 2.28 bits per heavy atom. The van der Waals surface area contributed by atoms with Gasteiger partial charge in [0.2, 0.25) is 23.6 Å². The number of carbonyl (C=O) groups is 4. The molecule has 4 amide bonds. The molecule has 1 aliphatic carbocycles. The number of amides is 4. The van der Waals surface area contributed by atoms with Crippen LogP contribution >= 0.6 is 0 Å². The molecular formula is C25H33N3O4. The fourth-order valence-corrected chi connectivity index (χ4v) is 4.62. The largest absolute Gasteiger partial charge is 0.355 e. The molecule has 0 spiro atoms. The molecule has 0 aromatic heterocycles. The normalized spacial score (nSPS) is 20.8. The SMILES string of the molecule is CCNC(=O)[C@@H](CC)N(Cc1ccccc1C)C(=O)CCN1C(=O)[C@H]2CC=CC[C@H]2C1=O. The summed E-state index contributed by atoms with van der Waals surface area (Å²) in [4.78, 5) is 54.3. The molecule has 1 fully saturated rings. The molecule has 1 aromatic carbocycles. The monoisotopic (exact) mass is 439 g/mol. The Balaban J connectivity index is 1.76. The Morgan fingerprint density at radius 2 is 1.72 bits per heavy atom. The van der Waals surface area contributed by atoms with E-state index in [1.807, 2.05) is 57.2 Å². The van der Waals surface area contributed by atoms with Crippen molar-refractivity contribution in [2.45, 2.75) is 59.0 Å². The minimum atomic E-state index is -0.612. The van der Waals surface area contributed by atoms with Crippen molar-refractivity contribution in [1.82, 2.24) is 15.1 Å². The Hall–Kier alpha value is -2.96. The van der Waals surface area contributed by atoms with E-state index in [-0.39, 0.29) is 48.4 Å². The fraction of sp³-hybridized carbons (Fsp3) is 0.520. The first-order valence-corrected chi connectivity index (χ1v) is 11.5. The average molecular weight is 440 g/mol. The van der Waals surface area contributed by atoms with Gasteiger partial charge in [-0.2, -0.15) is 0 Å². The Morgan fingerprint density at radius 1 is 1.09 bits per heavy atom. The molecular weight excluding hydrogens is 406 g/mol. The Labute approximate surface area is 189 Å². The van der Waals surface area contributed by atoms with E-state index in [0.29, 0.717) is 32.4 Å². The van der Waals surface area contributed by atoms with Gasteiger partial charge < -0.3 is 10.2 Å². The number of allylic oxidation sites excluding steroid dienone is 2. The average Bonchev–Trinajstić information content (AvgIpc) is 3.03. The van der Waals surface area contributed by atoms with Crippen LogP contribution in [0.2, 0.25) is 0 Å². The van der Waals surface area contributed by atoms with Crippen LogP contribution in [0.4, 0.5) is 0 Å². The zero-order valence-electron chi connectivity index (χ0n) is 19.2. The van der Waals surface area contributed by atoms with E-state index in [1.54, 1.807) is 4.90 Å². The summed E-state index contributed by atoms with van der Waals surface area (Å²) in [5.41, 5.74) is 2.01. The number of nitrogens with one attached hydrogen (secondary N) is 1. The highest BCUT2D eigenvalue weighted by Crippen LogP contribution is 2.35. The van der Waals surface area contributed by atoms with Gasteiger partial charge in [0.1, 0.15) is 6.04 Å². The van der Waals surface area contributed by atoms with Crippen LogP contribution in [-0.4, -0.2) is 52.6 Å². The molecule has 3 atom stereocenters. The maximum absolute atomic E-state index is 13.3. The van der Waals surface area contributed by atoms with Crippen LogP contribution < -0.4 is 5.32 Å². The summed E-state index contributed by atoms with van der Waals surface area (Å²) in [6, 6.07) is 7.16. The van der Waals surface area contributed by atoms with E-state index in [4.69, 9.17) is 0 Å². The first-order valence-electron chi connectivity index (χ1n) is 11.5. The maximum atomic E-state index is 13.3. The molecule has 0 unspecified atom stereocenters. The fourth-order valence-electron chi connectivity index (χ4n) is 4.62. The third kappa shape index (κ3) is 4.92. The van der Waals surface area contributed by atoms with Crippen LogP contribution in [0.3, 0.4) is 0 Å². The number of carbonyl (C=O) groups excluding carboxylic acids is 4. The maximum Gasteiger partial charge on any atom is 0.242 e. The number of aryl methyl sites for hydroxylation is 1. The second kappa shape index (κ2) is 10.6. The van der Waals surface area contributed by atoms with Crippen LogP contribution in [0.15, 0.2) is 36.4 Å². The first kappa shape index (κ1) is 23.7. The van der Waals surface area contributed by atoms with Gasteiger partial charge in [-0.15, -0.1) is 0 Å². The number of nitrogens with zero attached hydrogens (tertiary/aromatic N) is 2. The topological polar surface area (TPSA) is 86.8 Å². The lowest BCUT2D eigenvalue weighted by atomic mass is 9.85. The molecule has 1 N–H and O–H groups in total. The zero-order chi connectivity index (χ0) is 23.3. The van der Waals surface area contributed by atoms with Gasteiger partial charge in [0.25, 0.3) is 0 Å². The van der Waals surface area contributed by atoms with Crippen molar-refractivity contribution in [3.05, 3.63) is 47.5 Å². The van der Waals surface area contributed by atoms with Crippen LogP contribution in [0.1, 0.15) is 50.7 Å². The molecule has 172 valence electrons. The lowest BCUT2D eigenvalue weighted by molar-refractivity contribution is -0.144. The van der Waals surface area contributed by atoms with Crippen molar-refractivity contribution in [3.63, 3.8) is 0 Å². The summed E-state index contributed by atoms with van der Waals surface area (Å²) in [7, 11) is 0. The summed E-state index contributed by atoms with van der Waals surface area (Å²) in [5.74, 6) is -1.40. The predicted molar refractivity (Wildman–Crippen MR) is 121 cm³/mol. The van der Waals surface area contributed by atoms with Crippen LogP contribution in [-0.2, 0) is 25.7 Å². The van der Waals surface area contributed by atoms with Crippen molar-refractivity contribution in [3.8, 4) is 0 Å². The zero-order valence-corrected chi connectivity index (χ0v) is 19.2. The summed E-state index contributed by atoms with van der Waals surface area (Å²) in [6.07, 6.45) is 5.53. The molecule has 2 aliphatic rings. The van der Waals surface area contributed by atoms with Crippen molar-refractivity contribution in [2.24, 2.45) is 11.8 Å². The van der Waals surface area contributed by atoms with Gasteiger partial charge in [-0.1, -0.05) is 43.3 Å². The molecule has 1 heterocycles. The predicted octanol–water partition coefficient (Wildman–Crippen LogP) is 2.58. The van der Waals surface area contributed by atoms with E-state index in [9.17, 15) is 19.2 Å². The van der Waals surface area contributed by atoms with E-state index < -0.39 is 6.04 Å². The highest BCUT2D eigenvalue weighted by Gasteiger charge is 2.47. The summed E-state index contributed by atoms with van der Waals surface area (Å²) in [6.45, 7) is 6.54. The van der Waals surface area contributed by atoms with Gasteiger partial charge >= 0.3 is 0 Å². The highest BCUT2D eigenvalue weighted by atomic mass is 16.2. The van der Waals surface area contributed by atoms with E-state index in [0.717, 1.165) is 11.1 Å². The summed E-state index contributed by atoms with van der Waals surface area (Å²) >= 11 is 0. The van der Waals surface area contributed by atoms with Crippen LogP contribution in [0, 0.1) is 18.8 Å². The van der Waals surface area contributed by atoms with Gasteiger partial charge in [0.15, 0.2) is 0 Å². The lowest BCUT2D eigenvalue weighted by Crippen LogP contribution is -2.49. The molecule has 0 radical (unpaired) electrons. The molecule has 7 nitrogen and oxygen atoms in total. The second-order valence-electron chi connectivity index (χ2n) is 8.50. The molecule has 0 bridgehead atoms. The number of hydrogen-bond acceptors (Lipinski definition) is 4. The van der Waals surface area contributed by atoms with Crippen LogP contribution in [0.25, 0.3) is 0 Å². The first-order chi connectivity index (χ1) is 15.4. The third-order valence-electron chi connectivity index (χ3n) is 6.49. The van der Waals surface area contributed by atoms with Crippen molar-refractivity contribution in [2.75, 3.05) is 13.1 Å². The van der Waals surface area contributed by atoms with Crippen LogP contribution in [0.5, 0.6) is 0 Å². The smallest absolute Gasteiger partial charge is 0.242 e. The Bertz CT molecular complexity index is 884. The third-order valence-corrected chi connectivity index (χ3v) is 6.49.